The molecule has 1 amide bonds. The Bertz CT molecular complexity index is 453. The summed E-state index contributed by atoms with van der Waals surface area (Å²) in [6, 6.07) is 5.34. The third kappa shape index (κ3) is 2.93. The van der Waals surface area contributed by atoms with Crippen molar-refractivity contribution in [1.82, 2.24) is 5.32 Å². The van der Waals surface area contributed by atoms with Crippen LogP contribution >= 0.6 is 23.2 Å². The second-order valence-corrected chi connectivity index (χ2v) is 5.86. The summed E-state index contributed by atoms with van der Waals surface area (Å²) in [4.78, 5) is 11.8. The molecule has 1 saturated carbocycles. The van der Waals surface area contributed by atoms with Crippen LogP contribution in [-0.2, 0) is 10.3 Å². The van der Waals surface area contributed by atoms with Gasteiger partial charge in [-0.3, -0.25) is 4.79 Å². The number of hydrogen-bond acceptors (Lipinski definition) is 1. The van der Waals surface area contributed by atoms with Crippen LogP contribution < -0.4 is 5.32 Å². The zero-order chi connectivity index (χ0) is 12.6. The average Bonchev–Trinajstić information content (AvgIpc) is 2.98. The van der Waals surface area contributed by atoms with Crippen molar-refractivity contribution in [3.63, 3.8) is 0 Å². The Labute approximate surface area is 111 Å². The van der Waals surface area contributed by atoms with E-state index in [2.05, 4.69) is 5.32 Å². The van der Waals surface area contributed by atoms with Crippen molar-refractivity contribution < 1.29 is 4.79 Å². The molecule has 2 nitrogen and oxygen atoms in total. The lowest BCUT2D eigenvalue weighted by atomic mass is 9.94. The quantitative estimate of drug-likeness (QED) is 0.891. The smallest absolute Gasteiger partial charge is 0.223 e. The van der Waals surface area contributed by atoms with Gasteiger partial charge in [-0.2, -0.15) is 0 Å². The molecule has 0 aliphatic heterocycles. The number of hydrogen-bond donors (Lipinski definition) is 1. The van der Waals surface area contributed by atoms with E-state index in [9.17, 15) is 4.79 Å². The third-order valence-corrected chi connectivity index (χ3v) is 3.54. The maximum Gasteiger partial charge on any atom is 0.223 e. The minimum atomic E-state index is -0.471. The van der Waals surface area contributed by atoms with Gasteiger partial charge in [0.2, 0.25) is 5.91 Å². The van der Waals surface area contributed by atoms with E-state index in [-0.39, 0.29) is 11.8 Å². The molecule has 1 aliphatic rings. The fraction of sp³-hybridized carbons (Fsp3) is 0.462. The van der Waals surface area contributed by atoms with Gasteiger partial charge in [0.1, 0.15) is 0 Å². The van der Waals surface area contributed by atoms with E-state index in [1.165, 1.54) is 0 Å². The van der Waals surface area contributed by atoms with Crippen molar-refractivity contribution in [3.8, 4) is 0 Å². The van der Waals surface area contributed by atoms with E-state index in [0.717, 1.165) is 18.4 Å². The van der Waals surface area contributed by atoms with Crippen LogP contribution in [0.5, 0.6) is 0 Å². The third-order valence-electron chi connectivity index (χ3n) is 2.99. The first kappa shape index (κ1) is 12.7. The molecular formula is C13H15Cl2NO. The molecule has 17 heavy (non-hydrogen) atoms. The van der Waals surface area contributed by atoms with Crippen LogP contribution in [0.4, 0.5) is 0 Å². The lowest BCUT2D eigenvalue weighted by Gasteiger charge is -2.28. The highest BCUT2D eigenvalue weighted by molar-refractivity contribution is 6.35. The summed E-state index contributed by atoms with van der Waals surface area (Å²) in [7, 11) is 0. The van der Waals surface area contributed by atoms with E-state index in [1.807, 2.05) is 19.9 Å². The van der Waals surface area contributed by atoms with Gasteiger partial charge in [0, 0.05) is 16.0 Å². The molecule has 4 heteroatoms. The van der Waals surface area contributed by atoms with Gasteiger partial charge in [0.15, 0.2) is 0 Å². The molecular weight excluding hydrogens is 257 g/mol. The van der Waals surface area contributed by atoms with Crippen LogP contribution in [0.3, 0.4) is 0 Å². The first-order valence-electron chi connectivity index (χ1n) is 5.68. The molecule has 1 aromatic carbocycles. The lowest BCUT2D eigenvalue weighted by Crippen LogP contribution is -2.42. The van der Waals surface area contributed by atoms with Crippen molar-refractivity contribution in [2.45, 2.75) is 32.2 Å². The first-order chi connectivity index (χ1) is 7.90. The zero-order valence-electron chi connectivity index (χ0n) is 9.89. The summed E-state index contributed by atoms with van der Waals surface area (Å²) in [5.41, 5.74) is 0.416. The molecule has 0 radical (unpaired) electrons. The van der Waals surface area contributed by atoms with Crippen LogP contribution in [0, 0.1) is 5.92 Å². The van der Waals surface area contributed by atoms with E-state index in [4.69, 9.17) is 23.2 Å². The van der Waals surface area contributed by atoms with Gasteiger partial charge in [-0.15, -0.1) is 0 Å². The predicted octanol–water partition coefficient (Wildman–Crippen LogP) is 3.75. The molecule has 2 rings (SSSR count). The van der Waals surface area contributed by atoms with E-state index >= 15 is 0 Å². The van der Waals surface area contributed by atoms with Gasteiger partial charge in [-0.05, 0) is 44.4 Å². The number of benzene rings is 1. The minimum Gasteiger partial charge on any atom is -0.347 e. The van der Waals surface area contributed by atoms with Crippen molar-refractivity contribution in [3.05, 3.63) is 33.8 Å². The minimum absolute atomic E-state index is 0.112. The molecule has 92 valence electrons. The highest BCUT2D eigenvalue weighted by Gasteiger charge is 2.34. The van der Waals surface area contributed by atoms with Crippen LogP contribution in [0.25, 0.3) is 0 Å². The molecule has 0 bridgehead atoms. The maximum absolute atomic E-state index is 11.8. The van der Waals surface area contributed by atoms with E-state index < -0.39 is 5.54 Å². The average molecular weight is 272 g/mol. The molecule has 0 unspecified atom stereocenters. The Morgan fingerprint density at radius 2 is 2.00 bits per heavy atom. The van der Waals surface area contributed by atoms with Crippen molar-refractivity contribution in [2.75, 3.05) is 0 Å². The zero-order valence-corrected chi connectivity index (χ0v) is 11.4. The number of carbonyl (C=O) groups excluding carboxylic acids is 1. The van der Waals surface area contributed by atoms with Gasteiger partial charge in [-0.1, -0.05) is 29.3 Å². The molecule has 0 heterocycles. The van der Waals surface area contributed by atoms with Crippen molar-refractivity contribution >= 4 is 29.1 Å². The van der Waals surface area contributed by atoms with Gasteiger partial charge < -0.3 is 5.32 Å². The first-order valence-corrected chi connectivity index (χ1v) is 6.43. The Morgan fingerprint density at radius 1 is 1.35 bits per heavy atom. The standard InChI is InChI=1S/C13H15Cl2NO/c1-13(2,16-12(17)8-3-4-8)10-6-5-9(14)7-11(10)15/h5-8H,3-4H2,1-2H3,(H,16,17). The van der Waals surface area contributed by atoms with Crippen molar-refractivity contribution in [2.24, 2.45) is 5.92 Å². The van der Waals surface area contributed by atoms with Crippen LogP contribution in [0.2, 0.25) is 10.0 Å². The van der Waals surface area contributed by atoms with Gasteiger partial charge in [0.05, 0.1) is 5.54 Å². The molecule has 0 atom stereocenters. The Kier molecular flexibility index (Phi) is 3.37. The highest BCUT2D eigenvalue weighted by Crippen LogP contribution is 2.33. The molecule has 1 N–H and O–H groups in total. The second-order valence-electron chi connectivity index (χ2n) is 5.01. The Hall–Kier alpha value is -0.730. The molecule has 0 saturated heterocycles. The second kappa shape index (κ2) is 4.51. The molecule has 1 fully saturated rings. The molecule has 1 aliphatic carbocycles. The summed E-state index contributed by atoms with van der Waals surface area (Å²) < 4.78 is 0. The number of nitrogens with one attached hydrogen (secondary N) is 1. The summed E-state index contributed by atoms with van der Waals surface area (Å²) in [6.45, 7) is 3.89. The monoisotopic (exact) mass is 271 g/mol. The fourth-order valence-electron chi connectivity index (χ4n) is 1.82. The van der Waals surface area contributed by atoms with Crippen LogP contribution in [-0.4, -0.2) is 5.91 Å². The summed E-state index contributed by atoms with van der Waals surface area (Å²) in [6.07, 6.45) is 1.99. The normalized spacial score (nSPS) is 15.8. The molecule has 1 aromatic rings. The Morgan fingerprint density at radius 3 is 2.53 bits per heavy atom. The van der Waals surface area contributed by atoms with E-state index in [1.54, 1.807) is 12.1 Å². The summed E-state index contributed by atoms with van der Waals surface area (Å²) >= 11 is 12.0. The van der Waals surface area contributed by atoms with Crippen LogP contribution in [0.1, 0.15) is 32.3 Å². The topological polar surface area (TPSA) is 29.1 Å². The Balaban J connectivity index is 2.20. The van der Waals surface area contributed by atoms with Crippen molar-refractivity contribution in [1.29, 1.82) is 0 Å². The van der Waals surface area contributed by atoms with E-state index in [0.29, 0.717) is 10.0 Å². The SMILES string of the molecule is CC(C)(NC(=O)C1CC1)c1ccc(Cl)cc1Cl. The maximum atomic E-state index is 11.8. The number of halogens is 2. The van der Waals surface area contributed by atoms with Crippen LogP contribution in [0.15, 0.2) is 18.2 Å². The predicted molar refractivity (Wildman–Crippen MR) is 70.4 cm³/mol. The fourth-order valence-corrected chi connectivity index (χ4v) is 2.46. The van der Waals surface area contributed by atoms with Gasteiger partial charge in [0.25, 0.3) is 0 Å². The highest BCUT2D eigenvalue weighted by atomic mass is 35.5. The number of amides is 1. The number of carbonyl (C=O) groups is 1. The number of rotatable bonds is 3. The molecule has 0 spiro atoms. The molecule has 0 aromatic heterocycles. The van der Waals surface area contributed by atoms with Gasteiger partial charge in [-0.25, -0.2) is 0 Å². The lowest BCUT2D eigenvalue weighted by molar-refractivity contribution is -0.124. The summed E-state index contributed by atoms with van der Waals surface area (Å²) in [5, 5.41) is 4.21. The van der Waals surface area contributed by atoms with Gasteiger partial charge >= 0.3 is 0 Å². The summed E-state index contributed by atoms with van der Waals surface area (Å²) in [5.74, 6) is 0.307. The largest absolute Gasteiger partial charge is 0.347 e.